The molecule has 26 heavy (non-hydrogen) atoms. The van der Waals surface area contributed by atoms with Gasteiger partial charge in [-0.2, -0.15) is 0 Å². The lowest BCUT2D eigenvalue weighted by molar-refractivity contribution is -0.139. The van der Waals surface area contributed by atoms with Gasteiger partial charge in [0.25, 0.3) is 5.91 Å². The third-order valence-corrected chi connectivity index (χ3v) is 4.76. The molecule has 1 heterocycles. The van der Waals surface area contributed by atoms with Crippen LogP contribution in [-0.4, -0.2) is 52.0 Å². The molecule has 1 aliphatic rings. The molecule has 138 valence electrons. The number of nitrogens with zero attached hydrogens (tertiary/aromatic N) is 1. The van der Waals surface area contributed by atoms with Gasteiger partial charge in [-0.05, 0) is 37.6 Å². The van der Waals surface area contributed by atoms with Crippen LogP contribution in [0.15, 0.2) is 29.1 Å². The van der Waals surface area contributed by atoms with E-state index in [4.69, 9.17) is 5.11 Å². The summed E-state index contributed by atoms with van der Waals surface area (Å²) in [6.07, 6.45) is 1.28. The lowest BCUT2D eigenvalue weighted by atomic mass is 9.85. The first kappa shape index (κ1) is 18.1. The number of carbonyl (C=O) groups is 2. The van der Waals surface area contributed by atoms with Crippen LogP contribution in [-0.2, 0) is 4.79 Å². The van der Waals surface area contributed by atoms with Crippen LogP contribution in [0.25, 0.3) is 10.9 Å². The maximum atomic E-state index is 13.5. The number of amides is 1. The molecule has 1 aromatic carbocycles. The predicted molar refractivity (Wildman–Crippen MR) is 93.7 cm³/mol. The van der Waals surface area contributed by atoms with E-state index in [0.717, 1.165) is 6.07 Å². The Bertz CT molecular complexity index is 905. The van der Waals surface area contributed by atoms with Gasteiger partial charge in [-0.3, -0.25) is 19.3 Å². The number of fused-ring (bicyclic) bond motifs is 1. The van der Waals surface area contributed by atoms with Gasteiger partial charge in [-0.25, -0.2) is 4.39 Å². The highest BCUT2D eigenvalue weighted by Crippen LogP contribution is 2.26. The highest BCUT2D eigenvalue weighted by atomic mass is 19.1. The standard InChI is InChI=1S/C18H20FN3O4/c1-2-22(9-17(24)25)12-6-11(7-12)20-18(26)14-8-16(23)21-15-4-3-10(19)5-13(14)15/h3-5,8,11-12H,2,6-7,9H2,1H3,(H,20,26)(H,21,23)(H,24,25). The topological polar surface area (TPSA) is 102 Å². The molecule has 7 nitrogen and oxygen atoms in total. The molecule has 2 aromatic rings. The number of carbonyl (C=O) groups excluding carboxylic acids is 1. The quantitative estimate of drug-likeness (QED) is 0.720. The van der Waals surface area contributed by atoms with Crippen molar-refractivity contribution in [1.82, 2.24) is 15.2 Å². The summed E-state index contributed by atoms with van der Waals surface area (Å²) in [5, 5.41) is 12.1. The van der Waals surface area contributed by atoms with Crippen molar-refractivity contribution >= 4 is 22.8 Å². The van der Waals surface area contributed by atoms with Gasteiger partial charge in [0.1, 0.15) is 5.82 Å². The monoisotopic (exact) mass is 361 g/mol. The first-order chi connectivity index (χ1) is 12.4. The summed E-state index contributed by atoms with van der Waals surface area (Å²) in [7, 11) is 0. The third kappa shape index (κ3) is 3.75. The number of aromatic nitrogens is 1. The maximum Gasteiger partial charge on any atom is 0.317 e. The molecular weight excluding hydrogens is 341 g/mol. The number of aromatic amines is 1. The van der Waals surface area contributed by atoms with Crippen molar-refractivity contribution in [2.75, 3.05) is 13.1 Å². The van der Waals surface area contributed by atoms with E-state index in [-0.39, 0.29) is 24.2 Å². The van der Waals surface area contributed by atoms with Gasteiger partial charge in [0.05, 0.1) is 12.1 Å². The molecule has 0 atom stereocenters. The van der Waals surface area contributed by atoms with Gasteiger partial charge in [0, 0.05) is 29.1 Å². The summed E-state index contributed by atoms with van der Waals surface area (Å²) in [4.78, 5) is 39.6. The largest absolute Gasteiger partial charge is 0.480 e. The van der Waals surface area contributed by atoms with Crippen molar-refractivity contribution in [3.8, 4) is 0 Å². The Balaban J connectivity index is 1.70. The zero-order chi connectivity index (χ0) is 18.8. The second-order valence-corrected chi connectivity index (χ2v) is 6.49. The zero-order valence-electron chi connectivity index (χ0n) is 14.3. The van der Waals surface area contributed by atoms with Crippen LogP contribution in [0.1, 0.15) is 30.1 Å². The third-order valence-electron chi connectivity index (χ3n) is 4.76. The number of carboxylic acids is 1. The highest BCUT2D eigenvalue weighted by molar-refractivity contribution is 6.06. The first-order valence-corrected chi connectivity index (χ1v) is 8.46. The molecule has 1 saturated carbocycles. The SMILES string of the molecule is CCN(CC(=O)O)C1CC(NC(=O)c2cc(=O)[nH]c3ccc(F)cc23)C1. The summed E-state index contributed by atoms with van der Waals surface area (Å²) in [6, 6.07) is 5.03. The van der Waals surface area contributed by atoms with Crippen molar-refractivity contribution in [3.05, 3.63) is 46.0 Å². The summed E-state index contributed by atoms with van der Waals surface area (Å²) in [6.45, 7) is 2.49. The Hall–Kier alpha value is -2.74. The van der Waals surface area contributed by atoms with Gasteiger partial charge >= 0.3 is 5.97 Å². The smallest absolute Gasteiger partial charge is 0.317 e. The van der Waals surface area contributed by atoms with Crippen LogP contribution < -0.4 is 10.9 Å². The van der Waals surface area contributed by atoms with E-state index in [1.54, 1.807) is 0 Å². The van der Waals surface area contributed by atoms with Crippen LogP contribution in [0.4, 0.5) is 4.39 Å². The molecule has 1 aromatic heterocycles. The second-order valence-electron chi connectivity index (χ2n) is 6.49. The van der Waals surface area contributed by atoms with Crippen molar-refractivity contribution < 1.29 is 19.1 Å². The number of pyridine rings is 1. The molecule has 0 spiro atoms. The van der Waals surface area contributed by atoms with Gasteiger partial charge in [-0.15, -0.1) is 0 Å². The number of carboxylic acid groups (broad SMARTS) is 1. The van der Waals surface area contributed by atoms with Gasteiger partial charge in [-0.1, -0.05) is 6.92 Å². The van der Waals surface area contributed by atoms with E-state index in [2.05, 4.69) is 10.3 Å². The van der Waals surface area contributed by atoms with E-state index in [0.29, 0.717) is 30.3 Å². The Morgan fingerprint density at radius 2 is 2.08 bits per heavy atom. The molecule has 1 fully saturated rings. The number of benzene rings is 1. The van der Waals surface area contributed by atoms with E-state index in [1.807, 2.05) is 11.8 Å². The molecule has 1 aliphatic carbocycles. The van der Waals surface area contributed by atoms with Crippen molar-refractivity contribution in [1.29, 1.82) is 0 Å². The second kappa shape index (κ2) is 7.25. The lowest BCUT2D eigenvalue weighted by Crippen LogP contribution is -2.54. The van der Waals surface area contributed by atoms with E-state index in [1.165, 1.54) is 18.2 Å². The molecule has 0 unspecified atom stereocenters. The summed E-state index contributed by atoms with van der Waals surface area (Å²) in [5.74, 6) is -1.80. The predicted octanol–water partition coefficient (Wildman–Crippen LogP) is 1.33. The van der Waals surface area contributed by atoms with Crippen LogP contribution in [0.5, 0.6) is 0 Å². The minimum Gasteiger partial charge on any atom is -0.480 e. The Kier molecular flexibility index (Phi) is 5.03. The Morgan fingerprint density at radius 3 is 2.73 bits per heavy atom. The average molecular weight is 361 g/mol. The number of aliphatic carboxylic acids is 1. The maximum absolute atomic E-state index is 13.5. The van der Waals surface area contributed by atoms with Crippen LogP contribution in [0, 0.1) is 5.82 Å². The summed E-state index contributed by atoms with van der Waals surface area (Å²) in [5.41, 5.74) is 0.0955. The minimum absolute atomic E-state index is 0.0280. The number of nitrogens with one attached hydrogen (secondary N) is 2. The summed E-state index contributed by atoms with van der Waals surface area (Å²) >= 11 is 0. The Labute approximate surface area is 148 Å². The molecular formula is C18H20FN3O4. The van der Waals surface area contributed by atoms with Gasteiger partial charge < -0.3 is 15.4 Å². The molecule has 1 amide bonds. The fourth-order valence-corrected chi connectivity index (χ4v) is 3.35. The Morgan fingerprint density at radius 1 is 1.35 bits per heavy atom. The van der Waals surface area contributed by atoms with Gasteiger partial charge in [0.15, 0.2) is 0 Å². The number of hydrogen-bond donors (Lipinski definition) is 3. The van der Waals surface area contributed by atoms with E-state index in [9.17, 15) is 18.8 Å². The van der Waals surface area contributed by atoms with E-state index >= 15 is 0 Å². The minimum atomic E-state index is -0.878. The van der Waals surface area contributed by atoms with Crippen LogP contribution in [0.3, 0.4) is 0 Å². The molecule has 3 N–H and O–H groups in total. The molecule has 0 aliphatic heterocycles. The van der Waals surface area contributed by atoms with E-state index < -0.39 is 23.3 Å². The number of rotatable bonds is 6. The fourth-order valence-electron chi connectivity index (χ4n) is 3.35. The van der Waals surface area contributed by atoms with Gasteiger partial charge in [0.2, 0.25) is 5.56 Å². The molecule has 0 saturated heterocycles. The van der Waals surface area contributed by atoms with Crippen molar-refractivity contribution in [2.24, 2.45) is 0 Å². The van der Waals surface area contributed by atoms with Crippen molar-refractivity contribution in [3.63, 3.8) is 0 Å². The van der Waals surface area contributed by atoms with Crippen molar-refractivity contribution in [2.45, 2.75) is 31.8 Å². The fraction of sp³-hybridized carbons (Fsp3) is 0.389. The number of likely N-dealkylation sites (N-methyl/N-ethyl adjacent to an activating group) is 1. The number of halogens is 1. The normalized spacial score (nSPS) is 19.3. The summed E-state index contributed by atoms with van der Waals surface area (Å²) < 4.78 is 13.5. The average Bonchev–Trinajstić information content (AvgIpc) is 2.55. The van der Waals surface area contributed by atoms with Crippen LogP contribution in [0.2, 0.25) is 0 Å². The molecule has 8 heteroatoms. The molecule has 3 rings (SSSR count). The highest BCUT2D eigenvalue weighted by Gasteiger charge is 2.35. The van der Waals surface area contributed by atoms with Crippen LogP contribution >= 0.6 is 0 Å². The number of hydrogen-bond acceptors (Lipinski definition) is 4. The first-order valence-electron chi connectivity index (χ1n) is 8.46. The zero-order valence-corrected chi connectivity index (χ0v) is 14.3. The number of H-pyrrole nitrogens is 1. The molecule has 0 radical (unpaired) electrons. The molecule has 0 bridgehead atoms. The lowest BCUT2D eigenvalue weighted by Gasteiger charge is -2.42.